The highest BCUT2D eigenvalue weighted by Crippen LogP contribution is 2.26. The molecule has 4 heterocycles. The summed E-state index contributed by atoms with van der Waals surface area (Å²) in [6.07, 6.45) is 7.19. The molecule has 0 saturated carbocycles. The predicted octanol–water partition coefficient (Wildman–Crippen LogP) is 5.01. The molecule has 4 aromatic rings. The van der Waals surface area contributed by atoms with Crippen LogP contribution in [0.15, 0.2) is 60.9 Å². The number of unbranched alkanes of at least 4 members (excludes halogenated alkanes) is 1. The van der Waals surface area contributed by atoms with E-state index >= 15 is 0 Å². The van der Waals surface area contributed by atoms with Gasteiger partial charge >= 0.3 is 5.97 Å². The number of nitrogens with zero attached hydrogens (tertiary/aromatic N) is 5. The molecule has 3 N–H and O–H groups in total. The van der Waals surface area contributed by atoms with E-state index in [0.29, 0.717) is 30.2 Å². The van der Waals surface area contributed by atoms with Crippen LogP contribution in [0, 0.1) is 0 Å². The van der Waals surface area contributed by atoms with E-state index in [4.69, 9.17) is 9.72 Å². The van der Waals surface area contributed by atoms with Crippen LogP contribution in [0.25, 0.3) is 22.3 Å². The summed E-state index contributed by atoms with van der Waals surface area (Å²) in [6, 6.07) is 14.5. The van der Waals surface area contributed by atoms with Gasteiger partial charge in [-0.15, -0.1) is 0 Å². The number of alkyl halides is 1. The van der Waals surface area contributed by atoms with E-state index in [0.717, 1.165) is 61.1 Å². The van der Waals surface area contributed by atoms with Crippen LogP contribution in [-0.2, 0) is 22.4 Å². The molecule has 0 aliphatic carbocycles. The van der Waals surface area contributed by atoms with Crippen molar-refractivity contribution in [1.29, 1.82) is 0 Å². The van der Waals surface area contributed by atoms with Crippen LogP contribution < -0.4 is 10.6 Å². The summed E-state index contributed by atoms with van der Waals surface area (Å²) in [7, 11) is 1.48. The summed E-state index contributed by atoms with van der Waals surface area (Å²) in [5, 5.41) is 17.4. The number of methoxy groups -OCH3 is 1. The summed E-state index contributed by atoms with van der Waals surface area (Å²) in [5.41, 5.74) is 3.74. The van der Waals surface area contributed by atoms with Crippen LogP contribution in [0.2, 0.25) is 0 Å². The lowest BCUT2D eigenvalue weighted by atomic mass is 10.1. The minimum absolute atomic E-state index is 0.00675. The van der Waals surface area contributed by atoms with Gasteiger partial charge in [0, 0.05) is 55.8 Å². The lowest BCUT2D eigenvalue weighted by molar-refractivity contribution is -0.138. The monoisotopic (exact) mass is 601 g/mol. The molecule has 1 aliphatic heterocycles. The number of carbonyl (C=O) groups is 1. The van der Waals surface area contributed by atoms with Gasteiger partial charge in [0.25, 0.3) is 0 Å². The van der Waals surface area contributed by atoms with Gasteiger partial charge in [-0.3, -0.25) is 4.98 Å². The minimum Gasteiger partial charge on any atom is -0.480 e. The highest BCUT2D eigenvalue weighted by atomic mass is 19.1. The Hall–Kier alpha value is -4.22. The van der Waals surface area contributed by atoms with E-state index in [2.05, 4.69) is 37.7 Å². The van der Waals surface area contributed by atoms with Gasteiger partial charge in [-0.25, -0.2) is 24.1 Å². The summed E-state index contributed by atoms with van der Waals surface area (Å²) in [5.74, 6) is 0.875. The Balaban J connectivity index is 1.24. The number of aromatic nitrogens is 4. The van der Waals surface area contributed by atoms with Crippen LogP contribution >= 0.6 is 0 Å². The first kappa shape index (κ1) is 31.2. The molecule has 0 bridgehead atoms. The molecule has 10 nitrogen and oxygen atoms in total. The molecule has 44 heavy (non-hydrogen) atoms. The van der Waals surface area contributed by atoms with Gasteiger partial charge in [-0.1, -0.05) is 18.2 Å². The number of aliphatic carboxylic acids is 1. The average molecular weight is 602 g/mol. The van der Waals surface area contributed by atoms with Gasteiger partial charge < -0.3 is 25.4 Å². The maximum atomic E-state index is 14.7. The number of hydrogen-bond acceptors (Lipinski definition) is 9. The second-order valence-electron chi connectivity index (χ2n) is 11.1. The SMILES string of the molecule is COCC(F)CN(CCCCc1ccc2c(n1)NCCC2)CCC(Nc1nc(-c2cccnc2)nc2ccccc12)C(=O)O. The van der Waals surface area contributed by atoms with Crippen molar-refractivity contribution < 1.29 is 19.0 Å². The molecule has 232 valence electrons. The Labute approximate surface area is 257 Å². The zero-order valence-corrected chi connectivity index (χ0v) is 25.1. The van der Waals surface area contributed by atoms with Gasteiger partial charge in [-0.05, 0) is 81.0 Å². The summed E-state index contributed by atoms with van der Waals surface area (Å²) < 4.78 is 19.7. The van der Waals surface area contributed by atoms with Crippen LogP contribution in [0.1, 0.15) is 36.9 Å². The number of anilines is 2. The maximum absolute atomic E-state index is 14.7. The van der Waals surface area contributed by atoms with Crippen molar-refractivity contribution >= 4 is 28.5 Å². The normalized spacial score (nSPS) is 14.2. The van der Waals surface area contributed by atoms with Crippen LogP contribution in [0.4, 0.5) is 16.0 Å². The van der Waals surface area contributed by atoms with Gasteiger partial charge in [-0.2, -0.15) is 0 Å². The van der Waals surface area contributed by atoms with E-state index in [9.17, 15) is 14.3 Å². The number of nitrogens with one attached hydrogen (secondary N) is 2. The largest absolute Gasteiger partial charge is 0.480 e. The fraction of sp³-hybridized carbons (Fsp3) is 0.424. The zero-order chi connectivity index (χ0) is 30.7. The molecule has 0 fully saturated rings. The van der Waals surface area contributed by atoms with Gasteiger partial charge in [0.2, 0.25) is 0 Å². The number of hydrogen-bond donors (Lipinski definition) is 3. The molecule has 0 radical (unpaired) electrons. The predicted molar refractivity (Wildman–Crippen MR) is 170 cm³/mol. The second kappa shape index (κ2) is 15.5. The highest BCUT2D eigenvalue weighted by Gasteiger charge is 2.22. The maximum Gasteiger partial charge on any atom is 0.326 e. The lowest BCUT2D eigenvalue weighted by Gasteiger charge is -2.26. The molecule has 0 saturated heterocycles. The van der Waals surface area contributed by atoms with Crippen LogP contribution in [0.5, 0.6) is 0 Å². The Morgan fingerprint density at radius 2 is 2.00 bits per heavy atom. The number of ether oxygens (including phenoxy) is 1. The van der Waals surface area contributed by atoms with E-state index < -0.39 is 18.2 Å². The summed E-state index contributed by atoms with van der Waals surface area (Å²) >= 11 is 0. The van der Waals surface area contributed by atoms with E-state index in [1.807, 2.05) is 35.2 Å². The number of pyridine rings is 2. The summed E-state index contributed by atoms with van der Waals surface area (Å²) in [6.45, 7) is 2.15. The Kier molecular flexibility index (Phi) is 11.0. The molecule has 3 aromatic heterocycles. The Bertz CT molecular complexity index is 1520. The molecular formula is C33H40FN7O3. The quantitative estimate of drug-likeness (QED) is 0.151. The van der Waals surface area contributed by atoms with Crippen LogP contribution in [0.3, 0.4) is 0 Å². The standard InChI is InChI=1S/C33H40FN7O3/c1-44-22-25(34)21-41(18-5-4-10-26-14-13-23-8-7-17-36-30(23)37-26)19-15-29(33(42)43)39-32-27-11-2-3-12-28(27)38-31(40-32)24-9-6-16-35-20-24/h2-3,6,9,11-14,16,20,25,29H,4-5,7-8,10,15,17-19,21-22H2,1H3,(H,36,37)(H,42,43)(H,38,39,40). The fourth-order valence-electron chi connectivity index (χ4n) is 5.50. The van der Waals surface area contributed by atoms with Gasteiger partial charge in [0.1, 0.15) is 23.8 Å². The van der Waals surface area contributed by atoms with Crippen molar-refractivity contribution in [2.45, 2.75) is 50.7 Å². The van der Waals surface area contributed by atoms with Crippen molar-refractivity contribution in [3.63, 3.8) is 0 Å². The third kappa shape index (κ3) is 8.45. The minimum atomic E-state index is -1.17. The molecule has 1 aromatic carbocycles. The topological polar surface area (TPSA) is 125 Å². The van der Waals surface area contributed by atoms with Gasteiger partial charge in [0.05, 0.1) is 12.1 Å². The molecule has 5 rings (SSSR count). The number of fused-ring (bicyclic) bond motifs is 2. The smallest absolute Gasteiger partial charge is 0.326 e. The number of carboxylic acids is 1. The molecule has 2 unspecified atom stereocenters. The van der Waals surface area contributed by atoms with Crippen molar-refractivity contribution in [1.82, 2.24) is 24.8 Å². The van der Waals surface area contributed by atoms with Crippen LogP contribution in [-0.4, -0.2) is 88.0 Å². The lowest BCUT2D eigenvalue weighted by Crippen LogP contribution is -2.39. The number of benzene rings is 1. The second-order valence-corrected chi connectivity index (χ2v) is 11.1. The van der Waals surface area contributed by atoms with Crippen molar-refractivity contribution in [3.05, 3.63) is 72.2 Å². The Morgan fingerprint density at radius 1 is 1.11 bits per heavy atom. The first-order valence-electron chi connectivity index (χ1n) is 15.2. The van der Waals surface area contributed by atoms with Gasteiger partial charge in [0.15, 0.2) is 5.82 Å². The molecule has 1 aliphatic rings. The molecular weight excluding hydrogens is 561 g/mol. The summed E-state index contributed by atoms with van der Waals surface area (Å²) in [4.78, 5) is 32.7. The number of para-hydroxylation sites is 1. The zero-order valence-electron chi connectivity index (χ0n) is 25.1. The number of rotatable bonds is 16. The molecule has 0 spiro atoms. The molecule has 2 atom stereocenters. The first-order chi connectivity index (χ1) is 21.5. The first-order valence-corrected chi connectivity index (χ1v) is 15.2. The van der Waals surface area contributed by atoms with E-state index in [-0.39, 0.29) is 19.6 Å². The number of halogens is 1. The van der Waals surface area contributed by atoms with Crippen molar-refractivity contribution in [2.75, 3.05) is 50.5 Å². The number of aryl methyl sites for hydroxylation is 2. The third-order valence-corrected chi connectivity index (χ3v) is 7.78. The Morgan fingerprint density at radius 3 is 2.82 bits per heavy atom. The van der Waals surface area contributed by atoms with E-state index in [1.165, 1.54) is 12.7 Å². The number of carboxylic acid groups (broad SMARTS) is 1. The average Bonchev–Trinajstić information content (AvgIpc) is 3.04. The highest BCUT2D eigenvalue weighted by molar-refractivity contribution is 5.92. The fourth-order valence-corrected chi connectivity index (χ4v) is 5.50. The molecule has 0 amide bonds. The van der Waals surface area contributed by atoms with Crippen molar-refractivity contribution in [3.8, 4) is 11.4 Å². The van der Waals surface area contributed by atoms with E-state index in [1.54, 1.807) is 18.5 Å². The van der Waals surface area contributed by atoms with Crippen molar-refractivity contribution in [2.24, 2.45) is 0 Å². The third-order valence-electron chi connectivity index (χ3n) is 7.78. The molecule has 11 heteroatoms.